The van der Waals surface area contributed by atoms with Crippen molar-refractivity contribution in [2.45, 2.75) is 0 Å². The predicted molar refractivity (Wildman–Crippen MR) is 24.3 cm³/mol. The van der Waals surface area contributed by atoms with Crippen molar-refractivity contribution in [2.75, 3.05) is 0 Å². The van der Waals surface area contributed by atoms with Gasteiger partial charge in [-0.3, -0.25) is 0 Å². The van der Waals surface area contributed by atoms with Crippen LogP contribution in [0.5, 0.6) is 0 Å². The minimum atomic E-state index is -1.50. The molecule has 0 spiro atoms. The third-order valence-corrected chi connectivity index (χ3v) is 0. The number of hydrogen-bond acceptors (Lipinski definition) is 4. The van der Waals surface area contributed by atoms with Crippen LogP contribution in [0.15, 0.2) is 5.34 Å². The van der Waals surface area contributed by atoms with E-state index in [0.717, 1.165) is 0 Å². The van der Waals surface area contributed by atoms with Crippen LogP contribution in [0.25, 0.3) is 0 Å². The first kappa shape index (κ1) is 15.7. The van der Waals surface area contributed by atoms with E-state index < -0.39 is 5.09 Å². The van der Waals surface area contributed by atoms with Crippen LogP contribution in [0.4, 0.5) is 0 Å². The van der Waals surface area contributed by atoms with Crippen molar-refractivity contribution in [3.63, 3.8) is 0 Å². The summed E-state index contributed by atoms with van der Waals surface area (Å²) in [7, 11) is 0. The second-order valence-corrected chi connectivity index (χ2v) is 0.319. The third kappa shape index (κ3) is 255. The molecule has 0 atom stereocenters. The number of nitrogens with zero attached hydrogens (tertiary/aromatic N) is 2. The molecule has 8 heavy (non-hydrogen) atoms. The van der Waals surface area contributed by atoms with Gasteiger partial charge in [-0.05, 0) is 0 Å². The summed E-state index contributed by atoms with van der Waals surface area (Å²) in [6.07, 6.45) is 0. The van der Waals surface area contributed by atoms with E-state index in [1.54, 1.807) is 0 Å². The van der Waals surface area contributed by atoms with Crippen LogP contribution in [0.1, 0.15) is 2.85 Å². The Morgan fingerprint density at radius 3 is 1.75 bits per heavy atom. The summed E-state index contributed by atoms with van der Waals surface area (Å²) >= 11 is 0. The second-order valence-electron chi connectivity index (χ2n) is 0.319. The normalized spacial score (nSPS) is 4.50. The Bertz CT molecular complexity index is 64.7. The molecule has 0 aromatic heterocycles. The van der Waals surface area contributed by atoms with Crippen LogP contribution in [-0.2, 0) is 0 Å². The van der Waals surface area contributed by atoms with E-state index in [1.165, 1.54) is 5.34 Å². The molecule has 0 unspecified atom stereocenters. The van der Waals surface area contributed by atoms with Crippen molar-refractivity contribution in [2.24, 2.45) is 5.34 Å². The van der Waals surface area contributed by atoms with Gasteiger partial charge >= 0.3 is 23.1 Å². The average Bonchev–Trinajstić information content (AvgIpc) is 1.33. The topological polar surface area (TPSA) is 113 Å². The second kappa shape index (κ2) is 16.2. The van der Waals surface area contributed by atoms with Gasteiger partial charge in [-0.15, -0.1) is 15.0 Å². The van der Waals surface area contributed by atoms with Crippen LogP contribution < -0.4 is 0 Å². The van der Waals surface area contributed by atoms with Gasteiger partial charge in [-0.25, -0.2) is 0 Å². The molecule has 0 saturated heterocycles. The molecule has 0 rings (SSSR count). The molecule has 0 aliphatic rings. The van der Waals surface area contributed by atoms with E-state index in [1.807, 2.05) is 0 Å². The van der Waals surface area contributed by atoms with Gasteiger partial charge in [0.25, 0.3) is 5.09 Å². The molecule has 7 nitrogen and oxygen atoms in total. The molecule has 0 fully saturated rings. The first-order valence-electron chi connectivity index (χ1n) is 0.948. The zero-order valence-corrected chi connectivity index (χ0v) is 5.13. The van der Waals surface area contributed by atoms with Crippen molar-refractivity contribution in [3.8, 4) is 0 Å². The van der Waals surface area contributed by atoms with E-state index in [0.29, 0.717) is 0 Å². The molecule has 0 saturated carbocycles. The van der Waals surface area contributed by atoms with Crippen molar-refractivity contribution < 1.29 is 18.4 Å². The zero-order chi connectivity index (χ0) is 6.28. The van der Waals surface area contributed by atoms with Crippen LogP contribution in [0.3, 0.4) is 0 Å². The summed E-state index contributed by atoms with van der Waals surface area (Å²) in [6.45, 7) is 0. The van der Waals surface area contributed by atoms with E-state index in [-0.39, 0.29) is 25.9 Å². The zero-order valence-electron chi connectivity index (χ0n) is 5.72. The fourth-order valence-corrected chi connectivity index (χ4v) is 0. The van der Waals surface area contributed by atoms with Crippen molar-refractivity contribution >= 4 is 23.1 Å². The standard InChI is InChI=1S/Mg.HNO3.HNO2.2H/c;2-1(3)4;2-1-3;;/h;(H,2,3,4);(H,2,3);;/q+2;;;2*-1. The molecule has 0 aromatic carbocycles. The fourth-order valence-electron chi connectivity index (χ4n) is 0. The molecule has 0 bridgehead atoms. The van der Waals surface area contributed by atoms with Gasteiger partial charge in [0.2, 0.25) is 0 Å². The molecule has 8 heteroatoms. The summed E-state index contributed by atoms with van der Waals surface area (Å²) < 4.78 is 0. The van der Waals surface area contributed by atoms with E-state index >= 15 is 0 Å². The summed E-state index contributed by atoms with van der Waals surface area (Å²) in [5.74, 6) is 0. The van der Waals surface area contributed by atoms with Crippen molar-refractivity contribution in [1.82, 2.24) is 0 Å². The Morgan fingerprint density at radius 2 is 1.75 bits per heavy atom. The Labute approximate surface area is 62.5 Å². The molecule has 2 N–H and O–H groups in total. The SMILES string of the molecule is O=NO.O=[N+]([O-])O.[H-].[H-].[Mg+2]. The van der Waals surface area contributed by atoms with Crippen molar-refractivity contribution in [1.29, 1.82) is 0 Å². The van der Waals surface area contributed by atoms with Gasteiger partial charge in [0.05, 0.1) is 0 Å². The Morgan fingerprint density at radius 1 is 1.75 bits per heavy atom. The smallest absolute Gasteiger partial charge is 1.00 e. The first-order valence-corrected chi connectivity index (χ1v) is 0.948. The quantitative estimate of drug-likeness (QED) is 0.204. The summed E-state index contributed by atoms with van der Waals surface area (Å²) in [5.41, 5.74) is 0. The maximum Gasteiger partial charge on any atom is 2.00 e. The molecule has 0 aliphatic heterocycles. The molecule has 0 amide bonds. The van der Waals surface area contributed by atoms with Crippen LogP contribution >= 0.6 is 0 Å². The van der Waals surface area contributed by atoms with Crippen LogP contribution in [0, 0.1) is 15.0 Å². The van der Waals surface area contributed by atoms with Crippen molar-refractivity contribution in [3.05, 3.63) is 15.0 Å². The molecule has 0 radical (unpaired) electrons. The summed E-state index contributed by atoms with van der Waals surface area (Å²) in [5, 5.41) is 21.5. The predicted octanol–water partition coefficient (Wildman–Crippen LogP) is -0.362. The average molecular weight is 136 g/mol. The Hall–Kier alpha value is -0.634. The molecule has 0 aromatic rings. The molecule has 0 heterocycles. The molecule has 0 aliphatic carbocycles. The van der Waals surface area contributed by atoms with E-state index in [4.69, 9.17) is 25.4 Å². The van der Waals surface area contributed by atoms with Gasteiger partial charge < -0.3 is 13.3 Å². The van der Waals surface area contributed by atoms with E-state index in [9.17, 15) is 0 Å². The van der Waals surface area contributed by atoms with Gasteiger partial charge in [-0.2, -0.15) is 0 Å². The molecular formula is H4MgN2O5. The minimum absolute atomic E-state index is 0. The number of rotatable bonds is 0. The maximum atomic E-state index is 8.36. The number of hydrogen-bond donors (Lipinski definition) is 2. The van der Waals surface area contributed by atoms with E-state index in [2.05, 4.69) is 0 Å². The van der Waals surface area contributed by atoms with Crippen LogP contribution in [0.2, 0.25) is 0 Å². The van der Waals surface area contributed by atoms with Gasteiger partial charge in [0.1, 0.15) is 0 Å². The van der Waals surface area contributed by atoms with Gasteiger partial charge in [0, 0.05) is 0 Å². The Balaban J connectivity index is -0.0000000131. The first-order chi connectivity index (χ1) is 3.15. The largest absolute Gasteiger partial charge is 2.00 e. The molecular weight excluding hydrogens is 132 g/mol. The van der Waals surface area contributed by atoms with Gasteiger partial charge in [-0.1, -0.05) is 0 Å². The Kier molecular flexibility index (Phi) is 31.7. The fraction of sp³-hybridized carbons (Fsp3) is 0. The van der Waals surface area contributed by atoms with Crippen LogP contribution in [-0.4, -0.2) is 38.6 Å². The molecule has 46 valence electrons. The summed E-state index contributed by atoms with van der Waals surface area (Å²) in [6, 6.07) is 0. The van der Waals surface area contributed by atoms with Gasteiger partial charge in [0.15, 0.2) is 5.34 Å². The monoisotopic (exact) mass is 136 g/mol. The maximum absolute atomic E-state index is 8.36. The minimum Gasteiger partial charge on any atom is -1.00 e. The summed E-state index contributed by atoms with van der Waals surface area (Å²) in [4.78, 5) is 16.5. The third-order valence-electron chi connectivity index (χ3n) is 0.